The van der Waals surface area contributed by atoms with Crippen LogP contribution in [0.1, 0.15) is 19.8 Å². The van der Waals surface area contributed by atoms with Crippen LogP contribution in [-0.4, -0.2) is 51.1 Å². The third-order valence-electron chi connectivity index (χ3n) is 2.01. The lowest BCUT2D eigenvalue weighted by Crippen LogP contribution is -2.27. The van der Waals surface area contributed by atoms with Crippen LogP contribution in [0.4, 0.5) is 0 Å². The first-order valence-electron chi connectivity index (χ1n) is 5.65. The van der Waals surface area contributed by atoms with Gasteiger partial charge in [0.15, 0.2) is 0 Å². The van der Waals surface area contributed by atoms with E-state index in [-0.39, 0.29) is 18.4 Å². The van der Waals surface area contributed by atoms with Gasteiger partial charge in [-0.05, 0) is 12.3 Å². The molecule has 0 saturated heterocycles. The first-order chi connectivity index (χ1) is 7.70. The lowest BCUT2D eigenvalue weighted by molar-refractivity contribution is -0.122. The number of ether oxygens (including phenoxy) is 2. The molecule has 16 heavy (non-hydrogen) atoms. The molecule has 0 spiro atoms. The summed E-state index contributed by atoms with van der Waals surface area (Å²) >= 11 is 0. The van der Waals surface area contributed by atoms with Crippen LogP contribution in [0.3, 0.4) is 0 Å². The second kappa shape index (κ2) is 10.9. The van der Waals surface area contributed by atoms with Crippen LogP contribution in [0, 0.1) is 5.92 Å². The van der Waals surface area contributed by atoms with Gasteiger partial charge in [-0.2, -0.15) is 0 Å². The van der Waals surface area contributed by atoms with Gasteiger partial charge in [-0.15, -0.1) is 0 Å². The molecule has 1 atom stereocenters. The fourth-order valence-corrected chi connectivity index (χ4v) is 1.30. The molecule has 0 aliphatic rings. The number of nitrogens with one attached hydrogen (secondary N) is 1. The summed E-state index contributed by atoms with van der Waals surface area (Å²) in [6.45, 7) is 4.17. The molecular weight excluding hydrogens is 210 g/mol. The zero-order valence-electron chi connectivity index (χ0n) is 10.2. The second-order valence-corrected chi connectivity index (χ2v) is 3.80. The van der Waals surface area contributed by atoms with E-state index in [1.54, 1.807) is 7.11 Å². The molecule has 0 saturated carbocycles. The minimum atomic E-state index is 0.0426. The Morgan fingerprint density at radius 2 is 2.19 bits per heavy atom. The summed E-state index contributed by atoms with van der Waals surface area (Å²) in [5.41, 5.74) is 0. The molecule has 1 amide bonds. The molecule has 5 nitrogen and oxygen atoms in total. The van der Waals surface area contributed by atoms with Crippen molar-refractivity contribution in [2.24, 2.45) is 5.92 Å². The Hall–Kier alpha value is -0.650. The van der Waals surface area contributed by atoms with Crippen LogP contribution in [0.2, 0.25) is 0 Å². The van der Waals surface area contributed by atoms with Gasteiger partial charge in [0, 0.05) is 33.3 Å². The lowest BCUT2D eigenvalue weighted by atomic mass is 10.1. The van der Waals surface area contributed by atoms with Gasteiger partial charge >= 0.3 is 0 Å². The predicted molar refractivity (Wildman–Crippen MR) is 61.2 cm³/mol. The number of aliphatic hydroxyl groups excluding tert-OH is 1. The van der Waals surface area contributed by atoms with Crippen molar-refractivity contribution in [3.8, 4) is 0 Å². The van der Waals surface area contributed by atoms with E-state index in [2.05, 4.69) is 5.32 Å². The number of hydrogen-bond donors (Lipinski definition) is 2. The summed E-state index contributed by atoms with van der Waals surface area (Å²) in [6.07, 6.45) is 1.26. The third-order valence-corrected chi connectivity index (χ3v) is 2.01. The van der Waals surface area contributed by atoms with Gasteiger partial charge < -0.3 is 19.9 Å². The Kier molecular flexibility index (Phi) is 10.4. The Morgan fingerprint density at radius 3 is 2.81 bits per heavy atom. The van der Waals surface area contributed by atoms with Crippen molar-refractivity contribution < 1.29 is 19.4 Å². The van der Waals surface area contributed by atoms with Gasteiger partial charge in [-0.1, -0.05) is 6.92 Å². The summed E-state index contributed by atoms with van der Waals surface area (Å²) in [7, 11) is 1.63. The van der Waals surface area contributed by atoms with Gasteiger partial charge in [0.25, 0.3) is 0 Å². The van der Waals surface area contributed by atoms with E-state index in [1.807, 2.05) is 6.92 Å². The average molecular weight is 233 g/mol. The van der Waals surface area contributed by atoms with Gasteiger partial charge in [0.05, 0.1) is 13.2 Å². The first-order valence-corrected chi connectivity index (χ1v) is 5.65. The maximum Gasteiger partial charge on any atom is 0.220 e. The van der Waals surface area contributed by atoms with Crippen LogP contribution in [0.15, 0.2) is 0 Å². The molecule has 0 aliphatic carbocycles. The SMILES string of the molecule is COCC(C)CC(=O)NCCCOCCO. The van der Waals surface area contributed by atoms with Crippen molar-refractivity contribution in [3.05, 3.63) is 0 Å². The van der Waals surface area contributed by atoms with Crippen molar-refractivity contribution in [1.82, 2.24) is 5.32 Å². The number of hydrogen-bond acceptors (Lipinski definition) is 4. The zero-order chi connectivity index (χ0) is 12.2. The van der Waals surface area contributed by atoms with E-state index in [0.717, 1.165) is 6.42 Å². The first kappa shape index (κ1) is 15.3. The number of amides is 1. The number of aliphatic hydroxyl groups is 1. The van der Waals surface area contributed by atoms with Crippen molar-refractivity contribution in [2.45, 2.75) is 19.8 Å². The Labute approximate surface area is 97.1 Å². The maximum atomic E-state index is 11.4. The average Bonchev–Trinajstić information content (AvgIpc) is 2.23. The molecule has 0 heterocycles. The molecule has 0 aliphatic heterocycles. The highest BCUT2D eigenvalue weighted by molar-refractivity contribution is 5.76. The van der Waals surface area contributed by atoms with Crippen LogP contribution < -0.4 is 5.32 Å². The molecule has 0 aromatic rings. The Balaban J connectivity index is 3.30. The molecule has 0 aromatic heterocycles. The van der Waals surface area contributed by atoms with Crippen molar-refractivity contribution in [3.63, 3.8) is 0 Å². The number of rotatable bonds is 10. The van der Waals surface area contributed by atoms with Crippen LogP contribution in [0.5, 0.6) is 0 Å². The van der Waals surface area contributed by atoms with E-state index in [1.165, 1.54) is 0 Å². The quantitative estimate of drug-likeness (QED) is 0.528. The van der Waals surface area contributed by atoms with Gasteiger partial charge in [-0.25, -0.2) is 0 Å². The van der Waals surface area contributed by atoms with Gasteiger partial charge in [0.1, 0.15) is 0 Å². The topological polar surface area (TPSA) is 67.8 Å². The molecule has 2 N–H and O–H groups in total. The fraction of sp³-hybridized carbons (Fsp3) is 0.909. The molecule has 0 radical (unpaired) electrons. The van der Waals surface area contributed by atoms with E-state index in [9.17, 15) is 4.79 Å². The minimum Gasteiger partial charge on any atom is -0.394 e. The van der Waals surface area contributed by atoms with Crippen molar-refractivity contribution in [2.75, 3.05) is 40.1 Å². The molecule has 96 valence electrons. The predicted octanol–water partition coefficient (Wildman–Crippen LogP) is 0.174. The number of methoxy groups -OCH3 is 1. The van der Waals surface area contributed by atoms with Crippen LogP contribution >= 0.6 is 0 Å². The summed E-state index contributed by atoms with van der Waals surface area (Å²) < 4.78 is 10.0. The van der Waals surface area contributed by atoms with E-state index < -0.39 is 0 Å². The summed E-state index contributed by atoms with van der Waals surface area (Å²) in [5, 5.41) is 11.3. The van der Waals surface area contributed by atoms with Crippen molar-refractivity contribution >= 4 is 5.91 Å². The largest absolute Gasteiger partial charge is 0.394 e. The van der Waals surface area contributed by atoms with Gasteiger partial charge in [-0.3, -0.25) is 4.79 Å². The summed E-state index contributed by atoms with van der Waals surface area (Å²) in [6, 6.07) is 0. The summed E-state index contributed by atoms with van der Waals surface area (Å²) in [4.78, 5) is 11.4. The number of carbonyl (C=O) groups is 1. The van der Waals surface area contributed by atoms with Crippen LogP contribution in [-0.2, 0) is 14.3 Å². The highest BCUT2D eigenvalue weighted by atomic mass is 16.5. The highest BCUT2D eigenvalue weighted by Gasteiger charge is 2.07. The minimum absolute atomic E-state index is 0.0426. The van der Waals surface area contributed by atoms with Crippen LogP contribution in [0.25, 0.3) is 0 Å². The Bertz CT molecular complexity index is 175. The smallest absolute Gasteiger partial charge is 0.220 e. The summed E-state index contributed by atoms with van der Waals surface area (Å²) in [5.74, 6) is 0.294. The molecule has 1 unspecified atom stereocenters. The molecular formula is C11H23NO4. The fourth-order valence-electron chi connectivity index (χ4n) is 1.30. The highest BCUT2D eigenvalue weighted by Crippen LogP contribution is 2.01. The molecule has 0 fully saturated rings. The maximum absolute atomic E-state index is 11.4. The normalized spacial score (nSPS) is 12.4. The molecule has 0 bridgehead atoms. The van der Waals surface area contributed by atoms with E-state index in [0.29, 0.717) is 32.8 Å². The molecule has 0 aromatic carbocycles. The van der Waals surface area contributed by atoms with E-state index >= 15 is 0 Å². The standard InChI is InChI=1S/C11H23NO4/c1-10(9-15-2)8-11(14)12-4-3-6-16-7-5-13/h10,13H,3-9H2,1-2H3,(H,12,14). The third kappa shape index (κ3) is 9.89. The van der Waals surface area contributed by atoms with E-state index in [4.69, 9.17) is 14.6 Å². The molecule has 0 rings (SSSR count). The zero-order valence-corrected chi connectivity index (χ0v) is 10.2. The lowest BCUT2D eigenvalue weighted by Gasteiger charge is -2.10. The Morgan fingerprint density at radius 1 is 1.44 bits per heavy atom. The monoisotopic (exact) mass is 233 g/mol. The molecule has 5 heteroatoms. The number of carbonyl (C=O) groups excluding carboxylic acids is 1. The van der Waals surface area contributed by atoms with Gasteiger partial charge in [0.2, 0.25) is 5.91 Å². The second-order valence-electron chi connectivity index (χ2n) is 3.80. The van der Waals surface area contributed by atoms with Crippen molar-refractivity contribution in [1.29, 1.82) is 0 Å².